The number of aryl methyl sites for hydroxylation is 1. The number of hydrogen-bond acceptors (Lipinski definition) is 8. The molecule has 7 nitrogen and oxygen atoms in total. The summed E-state index contributed by atoms with van der Waals surface area (Å²) in [6.45, 7) is 1.83. The third-order valence-corrected chi connectivity index (χ3v) is 7.83. The van der Waals surface area contributed by atoms with Crippen molar-refractivity contribution in [2.24, 2.45) is 0 Å². The maximum atomic E-state index is 13.5. The number of nitrogens with zero attached hydrogens (tertiary/aromatic N) is 4. The summed E-state index contributed by atoms with van der Waals surface area (Å²) < 4.78 is 33.3. The van der Waals surface area contributed by atoms with E-state index in [4.69, 9.17) is 9.72 Å². The second kappa shape index (κ2) is 12.7. The number of nitrogens with one attached hydrogen (secondary N) is 1. The molecule has 0 aliphatic heterocycles. The summed E-state index contributed by atoms with van der Waals surface area (Å²) in [4.78, 5) is 9.55. The Bertz CT molecular complexity index is 1210. The van der Waals surface area contributed by atoms with Gasteiger partial charge in [-0.2, -0.15) is 8.81 Å². The Balaban J connectivity index is 1.76. The van der Waals surface area contributed by atoms with Gasteiger partial charge in [0, 0.05) is 53.4 Å². The van der Waals surface area contributed by atoms with Crippen molar-refractivity contribution in [1.29, 1.82) is 0 Å². The Labute approximate surface area is 224 Å². The van der Waals surface area contributed by atoms with E-state index in [1.807, 2.05) is 49.4 Å². The van der Waals surface area contributed by atoms with Crippen LogP contribution in [0.4, 0.5) is 13.6 Å². The summed E-state index contributed by atoms with van der Waals surface area (Å²) in [6, 6.07) is 15.4. The van der Waals surface area contributed by atoms with Crippen LogP contribution in [0.3, 0.4) is 0 Å². The van der Waals surface area contributed by atoms with Crippen LogP contribution in [0, 0.1) is 6.92 Å². The molecule has 37 heavy (non-hydrogen) atoms. The molecule has 0 bridgehead atoms. The first-order chi connectivity index (χ1) is 18.0. The highest BCUT2D eigenvalue weighted by atomic mass is 32.3. The van der Waals surface area contributed by atoms with Gasteiger partial charge < -0.3 is 9.84 Å². The summed E-state index contributed by atoms with van der Waals surface area (Å²) in [6.07, 6.45) is 6.07. The lowest BCUT2D eigenvalue weighted by Crippen LogP contribution is -2.39. The lowest BCUT2D eigenvalue weighted by Gasteiger charge is -2.37. The highest BCUT2D eigenvalue weighted by Crippen LogP contribution is 2.40. The summed E-state index contributed by atoms with van der Waals surface area (Å²) in [7, 11) is 1.61. The van der Waals surface area contributed by atoms with E-state index >= 15 is 0 Å². The molecule has 1 aliphatic carbocycles. The topological polar surface area (TPSA) is 87.2 Å². The molecule has 1 aliphatic rings. The second-order valence-corrected chi connectivity index (χ2v) is 10.2. The van der Waals surface area contributed by atoms with E-state index in [0.29, 0.717) is 37.1 Å². The number of methoxy groups -OCH3 is 1. The number of pyridine rings is 1. The molecule has 4 rings (SSSR count). The number of halogens is 2. The van der Waals surface area contributed by atoms with Crippen molar-refractivity contribution >= 4 is 30.5 Å². The number of rotatable bonds is 8. The van der Waals surface area contributed by atoms with E-state index in [0.717, 1.165) is 26.1 Å². The van der Waals surface area contributed by atoms with Gasteiger partial charge in [-0.25, -0.2) is 0 Å². The van der Waals surface area contributed by atoms with Crippen LogP contribution in [0.25, 0.3) is 22.4 Å². The van der Waals surface area contributed by atoms with Gasteiger partial charge in [0.25, 0.3) is 0 Å². The summed E-state index contributed by atoms with van der Waals surface area (Å²) >= 11 is -0.525. The number of benzene rings is 1. The minimum Gasteiger partial charge on any atom is -0.393 e. The third kappa shape index (κ3) is 6.40. The number of H-pyrrole nitrogens is 1. The van der Waals surface area contributed by atoms with Crippen LogP contribution in [0.15, 0.2) is 60.9 Å². The van der Waals surface area contributed by atoms with Crippen LogP contribution in [-0.4, -0.2) is 44.6 Å². The zero-order valence-corrected chi connectivity index (χ0v) is 22.2. The number of hydrogen-bond donors (Lipinski definition) is 2. The minimum absolute atomic E-state index is 0.00980. The molecule has 0 unspecified atom stereocenters. The average molecular weight is 546 g/mol. The third-order valence-electron chi connectivity index (χ3n) is 6.85. The summed E-state index contributed by atoms with van der Waals surface area (Å²) in [5, 5.41) is 16.8. The predicted molar refractivity (Wildman–Crippen MR) is 145 cm³/mol. The zero-order valence-electron chi connectivity index (χ0n) is 20.6. The molecule has 1 aromatic carbocycles. The quantitative estimate of drug-likeness (QED) is 0.297. The van der Waals surface area contributed by atoms with Crippen LogP contribution in [0.5, 0.6) is 0 Å². The van der Waals surface area contributed by atoms with E-state index in [2.05, 4.69) is 15.2 Å². The first-order valence-electron chi connectivity index (χ1n) is 11.9. The molecule has 11 heteroatoms. The van der Waals surface area contributed by atoms with Crippen LogP contribution in [0.1, 0.15) is 43.0 Å². The molecule has 1 fully saturated rings. The molecule has 2 N–H and O–H groups in total. The fourth-order valence-electron chi connectivity index (χ4n) is 4.59. The van der Waals surface area contributed by atoms with Crippen molar-refractivity contribution in [3.63, 3.8) is 0 Å². The van der Waals surface area contributed by atoms with Gasteiger partial charge >= 0.3 is 0 Å². The van der Waals surface area contributed by atoms with E-state index in [9.17, 15) is 12.9 Å². The standard InChI is InChI=1S/C26H29F2N5O2S2/c1-18-22(21-8-9-23(29-15-21)19-6-4-3-5-7-19)16-30-32-25(33(36-27)37-28)14-24(31-18)20-10-12-26(17-34,35-2)13-11-20/h3-9,14-16,20,32,34H,10-13,17H2,1-2H3. The van der Waals surface area contributed by atoms with Crippen molar-refractivity contribution in [3.05, 3.63) is 72.3 Å². The number of anilines is 1. The SMILES string of the molecule is COC1(CO)CCC(c2cc(N(SF)SF)[nH]ncc(-c3ccc(-c4ccccc4)nc3)c(C)n2)CC1. The molecule has 0 saturated heterocycles. The first-order valence-corrected chi connectivity index (χ1v) is 13.2. The van der Waals surface area contributed by atoms with Crippen LogP contribution >= 0.6 is 24.7 Å². The number of aliphatic hydroxyl groups excluding tert-OH is 1. The van der Waals surface area contributed by atoms with Gasteiger partial charge in [0.15, 0.2) is 24.7 Å². The number of aromatic nitrogens is 4. The molecule has 0 amide bonds. The van der Waals surface area contributed by atoms with Crippen molar-refractivity contribution < 1.29 is 17.6 Å². The maximum absolute atomic E-state index is 13.5. The maximum Gasteiger partial charge on any atom is 0.179 e. The van der Waals surface area contributed by atoms with Gasteiger partial charge in [-0.3, -0.25) is 15.1 Å². The molecule has 0 atom stereocenters. The predicted octanol–water partition coefficient (Wildman–Crippen LogP) is 6.87. The smallest absolute Gasteiger partial charge is 0.179 e. The largest absolute Gasteiger partial charge is 0.393 e. The molecule has 196 valence electrons. The Morgan fingerprint density at radius 3 is 2.41 bits per heavy atom. The summed E-state index contributed by atoms with van der Waals surface area (Å²) in [5.41, 5.74) is 4.21. The van der Waals surface area contributed by atoms with Gasteiger partial charge in [-0.15, -0.1) is 7.77 Å². The van der Waals surface area contributed by atoms with Crippen LogP contribution in [-0.2, 0) is 4.74 Å². The van der Waals surface area contributed by atoms with Crippen molar-refractivity contribution in [2.45, 2.75) is 44.1 Å². The average Bonchev–Trinajstić information content (AvgIpc) is 3.03. The van der Waals surface area contributed by atoms with E-state index in [1.165, 1.54) is 0 Å². The lowest BCUT2D eigenvalue weighted by atomic mass is 9.77. The van der Waals surface area contributed by atoms with Crippen molar-refractivity contribution in [1.82, 2.24) is 20.2 Å². The fourth-order valence-corrected chi connectivity index (χ4v) is 5.01. The molecule has 0 spiro atoms. The van der Waals surface area contributed by atoms with Crippen molar-refractivity contribution in [3.8, 4) is 22.4 Å². The Morgan fingerprint density at radius 2 is 1.81 bits per heavy atom. The van der Waals surface area contributed by atoms with Gasteiger partial charge in [0.2, 0.25) is 0 Å². The zero-order chi connectivity index (χ0) is 26.3. The Hall–Kier alpha value is -2.73. The van der Waals surface area contributed by atoms with Gasteiger partial charge in [-0.1, -0.05) is 36.4 Å². The summed E-state index contributed by atoms with van der Waals surface area (Å²) in [5.74, 6) is 0.128. The van der Waals surface area contributed by atoms with E-state index < -0.39 is 5.60 Å². The highest BCUT2D eigenvalue weighted by Gasteiger charge is 2.35. The lowest BCUT2D eigenvalue weighted by molar-refractivity contribution is -0.0784. The number of aromatic amines is 1. The molecular formula is C26H29F2N5O2S2. The number of ether oxygens (including phenoxy) is 1. The van der Waals surface area contributed by atoms with Gasteiger partial charge in [0.1, 0.15) is 5.82 Å². The fraction of sp³-hybridized carbons (Fsp3) is 0.346. The molecule has 3 aromatic rings. The highest BCUT2D eigenvalue weighted by molar-refractivity contribution is 8.13. The van der Waals surface area contributed by atoms with Crippen LogP contribution in [0.2, 0.25) is 0 Å². The molecule has 0 radical (unpaired) electrons. The molecule has 2 heterocycles. The Kier molecular flexibility index (Phi) is 9.36. The molecular weight excluding hydrogens is 516 g/mol. The molecule has 2 aromatic heterocycles. The number of aliphatic hydroxyl groups is 1. The first kappa shape index (κ1) is 27.3. The van der Waals surface area contributed by atoms with Gasteiger partial charge in [0.05, 0.1) is 24.1 Å². The Morgan fingerprint density at radius 1 is 1.08 bits per heavy atom. The van der Waals surface area contributed by atoms with E-state index in [-0.39, 0.29) is 43.0 Å². The normalized spacial score (nSPS) is 19.3. The minimum atomic E-state index is -0.568. The van der Waals surface area contributed by atoms with Gasteiger partial charge in [-0.05, 0) is 38.7 Å². The second-order valence-electron chi connectivity index (χ2n) is 8.95. The van der Waals surface area contributed by atoms with Crippen LogP contribution < -0.4 is 3.71 Å². The molecule has 1 saturated carbocycles. The van der Waals surface area contributed by atoms with E-state index in [1.54, 1.807) is 25.6 Å². The monoisotopic (exact) mass is 545 g/mol. The van der Waals surface area contributed by atoms with Crippen molar-refractivity contribution in [2.75, 3.05) is 17.4 Å².